The summed E-state index contributed by atoms with van der Waals surface area (Å²) < 4.78 is 11.6. The Balaban J connectivity index is 1.70. The summed E-state index contributed by atoms with van der Waals surface area (Å²) >= 11 is 0. The molecular formula is C31H26O2Si. The van der Waals surface area contributed by atoms with E-state index in [0.29, 0.717) is 0 Å². The second-order valence-electron chi connectivity index (χ2n) is 8.15. The summed E-state index contributed by atoms with van der Waals surface area (Å²) in [6, 6.07) is 48.8. The first-order chi connectivity index (χ1) is 16.8. The van der Waals surface area contributed by atoms with E-state index >= 15 is 0 Å². The van der Waals surface area contributed by atoms with Crippen molar-refractivity contribution in [2.24, 2.45) is 0 Å². The summed E-state index contributed by atoms with van der Waals surface area (Å²) in [7, 11) is -0.854. The second-order valence-corrected chi connectivity index (χ2v) is 12.0. The molecule has 34 heavy (non-hydrogen) atoms. The smallest absolute Gasteiger partial charge is 0.179 e. The van der Waals surface area contributed by atoms with Crippen LogP contribution in [0.5, 0.6) is 17.2 Å². The van der Waals surface area contributed by atoms with Crippen LogP contribution in [0.15, 0.2) is 140 Å². The zero-order valence-corrected chi connectivity index (χ0v) is 20.1. The topological polar surface area (TPSA) is 18.5 Å². The van der Waals surface area contributed by atoms with Gasteiger partial charge in [0.05, 0.1) is 7.11 Å². The number of methoxy groups -OCH3 is 1. The molecule has 0 spiro atoms. The lowest BCUT2D eigenvalue weighted by molar-refractivity contribution is 0.415. The van der Waals surface area contributed by atoms with E-state index in [1.54, 1.807) is 7.11 Å². The van der Waals surface area contributed by atoms with Gasteiger partial charge in [0.25, 0.3) is 0 Å². The molecule has 0 heterocycles. The maximum absolute atomic E-state index is 6.09. The van der Waals surface area contributed by atoms with Crippen molar-refractivity contribution in [2.45, 2.75) is 0 Å². The summed E-state index contributed by atoms with van der Waals surface area (Å²) in [5.41, 5.74) is 0. The van der Waals surface area contributed by atoms with Crippen molar-refractivity contribution in [1.82, 2.24) is 0 Å². The molecule has 0 amide bonds. The number of para-hydroxylation sites is 1. The third kappa shape index (κ3) is 4.14. The van der Waals surface area contributed by atoms with Crippen LogP contribution >= 0.6 is 0 Å². The van der Waals surface area contributed by atoms with Crippen molar-refractivity contribution in [3.8, 4) is 17.2 Å². The van der Waals surface area contributed by atoms with Crippen LogP contribution in [0.4, 0.5) is 0 Å². The summed E-state index contributed by atoms with van der Waals surface area (Å²) in [5.74, 6) is 2.52. The van der Waals surface area contributed by atoms with Crippen LogP contribution in [0.1, 0.15) is 0 Å². The molecule has 0 saturated carbocycles. The lowest BCUT2D eigenvalue weighted by atomic mass is 10.3. The maximum atomic E-state index is 6.09. The molecule has 5 rings (SSSR count). The van der Waals surface area contributed by atoms with Gasteiger partial charge in [-0.2, -0.15) is 0 Å². The van der Waals surface area contributed by atoms with Gasteiger partial charge in [0.15, 0.2) is 8.07 Å². The van der Waals surface area contributed by atoms with Crippen LogP contribution in [-0.4, -0.2) is 15.2 Å². The fourth-order valence-electron chi connectivity index (χ4n) is 4.61. The number of hydrogen-bond donors (Lipinski definition) is 0. The normalized spacial score (nSPS) is 11.1. The molecular weight excluding hydrogens is 432 g/mol. The molecule has 0 aliphatic heterocycles. The van der Waals surface area contributed by atoms with E-state index < -0.39 is 8.07 Å². The van der Waals surface area contributed by atoms with E-state index in [4.69, 9.17) is 9.47 Å². The van der Waals surface area contributed by atoms with Gasteiger partial charge < -0.3 is 9.47 Å². The molecule has 0 atom stereocenters. The minimum absolute atomic E-state index is 0.828. The van der Waals surface area contributed by atoms with Crippen LogP contribution in [0.2, 0.25) is 0 Å². The zero-order valence-electron chi connectivity index (χ0n) is 19.1. The van der Waals surface area contributed by atoms with Crippen molar-refractivity contribution in [3.05, 3.63) is 140 Å². The molecule has 5 aromatic carbocycles. The van der Waals surface area contributed by atoms with Crippen molar-refractivity contribution >= 4 is 28.8 Å². The highest BCUT2D eigenvalue weighted by Gasteiger charge is 2.41. The first-order valence-corrected chi connectivity index (χ1v) is 13.4. The molecule has 166 valence electrons. The molecule has 0 fully saturated rings. The monoisotopic (exact) mass is 458 g/mol. The van der Waals surface area contributed by atoms with E-state index in [-0.39, 0.29) is 0 Å². The Morgan fingerprint density at radius 2 is 0.735 bits per heavy atom. The standard InChI is InChI=1S/C31H26O2Si/c1-32-25-17-21-30(22-18-25)34(28-13-7-3-8-14-28,29-15-9-4-10-16-29)31-23-19-27(20-24-31)33-26-11-5-2-6-12-26/h2-24H,1H3. The van der Waals surface area contributed by atoms with E-state index in [1.165, 1.54) is 20.7 Å². The molecule has 0 radical (unpaired) electrons. The van der Waals surface area contributed by atoms with Crippen LogP contribution in [0.25, 0.3) is 0 Å². The van der Waals surface area contributed by atoms with Crippen LogP contribution < -0.4 is 30.2 Å². The van der Waals surface area contributed by atoms with Gasteiger partial charge in [-0.3, -0.25) is 0 Å². The number of rotatable bonds is 7. The molecule has 3 heteroatoms. The lowest BCUT2D eigenvalue weighted by Gasteiger charge is -2.34. The molecule has 0 N–H and O–H groups in total. The largest absolute Gasteiger partial charge is 0.497 e. The van der Waals surface area contributed by atoms with Gasteiger partial charge in [-0.05, 0) is 57.1 Å². The minimum Gasteiger partial charge on any atom is -0.497 e. The Kier molecular flexibility index (Phi) is 6.28. The summed E-state index contributed by atoms with van der Waals surface area (Å²) in [6.45, 7) is 0. The van der Waals surface area contributed by atoms with Gasteiger partial charge in [-0.25, -0.2) is 0 Å². The van der Waals surface area contributed by atoms with E-state index in [9.17, 15) is 0 Å². The zero-order chi connectivity index (χ0) is 23.2. The van der Waals surface area contributed by atoms with Crippen molar-refractivity contribution in [1.29, 1.82) is 0 Å². The Morgan fingerprint density at radius 1 is 0.382 bits per heavy atom. The Bertz CT molecular complexity index is 1280. The van der Waals surface area contributed by atoms with E-state index in [2.05, 4.69) is 109 Å². The highest BCUT2D eigenvalue weighted by molar-refractivity contribution is 7.19. The Hall–Kier alpha value is -4.08. The van der Waals surface area contributed by atoms with Crippen molar-refractivity contribution < 1.29 is 9.47 Å². The van der Waals surface area contributed by atoms with Gasteiger partial charge in [-0.1, -0.05) is 103 Å². The third-order valence-electron chi connectivity index (χ3n) is 6.20. The number of hydrogen-bond acceptors (Lipinski definition) is 2. The molecule has 0 unspecified atom stereocenters. The Morgan fingerprint density at radius 3 is 1.18 bits per heavy atom. The van der Waals surface area contributed by atoms with Crippen molar-refractivity contribution in [3.63, 3.8) is 0 Å². The minimum atomic E-state index is -2.56. The van der Waals surface area contributed by atoms with Gasteiger partial charge in [-0.15, -0.1) is 0 Å². The predicted molar refractivity (Wildman–Crippen MR) is 143 cm³/mol. The summed E-state index contributed by atoms with van der Waals surface area (Å²) in [5, 5.41) is 5.28. The van der Waals surface area contributed by atoms with E-state index in [1.807, 2.05) is 30.3 Å². The molecule has 0 bridgehead atoms. The predicted octanol–water partition coefficient (Wildman–Crippen LogP) is 4.86. The molecule has 0 saturated heterocycles. The average Bonchev–Trinajstić information content (AvgIpc) is 2.92. The number of benzene rings is 5. The molecule has 5 aromatic rings. The average molecular weight is 459 g/mol. The SMILES string of the molecule is COc1ccc([Si](c2ccccc2)(c2ccccc2)c2ccc(Oc3ccccc3)cc2)cc1. The van der Waals surface area contributed by atoms with Crippen LogP contribution in [0.3, 0.4) is 0 Å². The molecule has 0 aliphatic carbocycles. The fraction of sp³-hybridized carbons (Fsp3) is 0.0323. The Labute approximate surface area is 202 Å². The van der Waals surface area contributed by atoms with E-state index in [0.717, 1.165) is 17.2 Å². The van der Waals surface area contributed by atoms with Gasteiger partial charge in [0.1, 0.15) is 17.2 Å². The summed E-state index contributed by atoms with van der Waals surface area (Å²) in [6.07, 6.45) is 0. The first kappa shape index (κ1) is 21.7. The quantitative estimate of drug-likeness (QED) is 0.256. The maximum Gasteiger partial charge on any atom is 0.179 e. The highest BCUT2D eigenvalue weighted by atomic mass is 28.3. The fourth-order valence-corrected chi connectivity index (χ4v) is 9.33. The molecule has 0 aliphatic rings. The summed E-state index contributed by atoms with van der Waals surface area (Å²) in [4.78, 5) is 0. The first-order valence-electron chi connectivity index (χ1n) is 11.4. The van der Waals surface area contributed by atoms with Gasteiger partial charge in [0, 0.05) is 0 Å². The van der Waals surface area contributed by atoms with Gasteiger partial charge >= 0.3 is 0 Å². The molecule has 2 nitrogen and oxygen atoms in total. The highest BCUT2D eigenvalue weighted by Crippen LogP contribution is 2.21. The van der Waals surface area contributed by atoms with Crippen LogP contribution in [0, 0.1) is 0 Å². The van der Waals surface area contributed by atoms with Gasteiger partial charge in [0.2, 0.25) is 0 Å². The second kappa shape index (κ2) is 9.82. The molecule has 0 aromatic heterocycles. The third-order valence-corrected chi connectivity index (χ3v) is 11.0. The van der Waals surface area contributed by atoms with Crippen molar-refractivity contribution in [2.75, 3.05) is 7.11 Å². The number of ether oxygens (including phenoxy) is 2. The lowest BCUT2D eigenvalue weighted by Crippen LogP contribution is -2.74. The van der Waals surface area contributed by atoms with Crippen LogP contribution in [-0.2, 0) is 0 Å².